The summed E-state index contributed by atoms with van der Waals surface area (Å²) in [5.74, 6) is 0.134. The van der Waals surface area contributed by atoms with Gasteiger partial charge in [0.2, 0.25) is 0 Å². The van der Waals surface area contributed by atoms with Crippen molar-refractivity contribution >= 4 is 23.0 Å². The van der Waals surface area contributed by atoms with Gasteiger partial charge in [0, 0.05) is 11.3 Å². The monoisotopic (exact) mass is 392 g/mol. The van der Waals surface area contributed by atoms with Crippen LogP contribution in [0.4, 0.5) is 14.5 Å². The Kier molecular flexibility index (Phi) is 6.58. The number of rotatable bonds is 5. The van der Waals surface area contributed by atoms with Crippen molar-refractivity contribution in [2.75, 3.05) is 31.5 Å². The summed E-state index contributed by atoms with van der Waals surface area (Å²) in [6.07, 6.45) is 0. The molecule has 1 aliphatic heterocycles. The Morgan fingerprint density at radius 2 is 1.89 bits per heavy atom. The van der Waals surface area contributed by atoms with Gasteiger partial charge in [-0.15, -0.1) is 0 Å². The molecule has 0 aliphatic carbocycles. The molecule has 0 radical (unpaired) electrons. The van der Waals surface area contributed by atoms with Crippen LogP contribution in [-0.4, -0.2) is 42.8 Å². The molecule has 2 aromatic rings. The van der Waals surface area contributed by atoms with Crippen LogP contribution in [0.15, 0.2) is 48.5 Å². The number of piperazine rings is 1. The lowest BCUT2D eigenvalue weighted by atomic mass is 10.1. The SMILES string of the molecule is Cc1cccc(C[NH+]2CCN(C(=S)Nc3ccc(OC(F)F)cc3)CC2)c1. The van der Waals surface area contributed by atoms with Gasteiger partial charge < -0.3 is 19.9 Å². The van der Waals surface area contributed by atoms with Crippen molar-refractivity contribution in [1.29, 1.82) is 0 Å². The summed E-state index contributed by atoms with van der Waals surface area (Å²) < 4.78 is 28.7. The van der Waals surface area contributed by atoms with E-state index in [-0.39, 0.29) is 5.75 Å². The minimum Gasteiger partial charge on any atom is -0.435 e. The summed E-state index contributed by atoms with van der Waals surface area (Å²) in [5, 5.41) is 3.83. The number of alkyl halides is 2. The Balaban J connectivity index is 1.47. The fourth-order valence-corrected chi connectivity index (χ4v) is 3.54. The number of ether oxygens (including phenoxy) is 1. The molecule has 7 heteroatoms. The lowest BCUT2D eigenvalue weighted by molar-refractivity contribution is -0.917. The van der Waals surface area contributed by atoms with E-state index >= 15 is 0 Å². The van der Waals surface area contributed by atoms with E-state index in [0.717, 1.165) is 38.4 Å². The summed E-state index contributed by atoms with van der Waals surface area (Å²) in [6, 6.07) is 15.0. The zero-order chi connectivity index (χ0) is 19.2. The molecule has 27 heavy (non-hydrogen) atoms. The van der Waals surface area contributed by atoms with Gasteiger partial charge in [-0.1, -0.05) is 29.8 Å². The number of hydrogen-bond acceptors (Lipinski definition) is 2. The van der Waals surface area contributed by atoms with Gasteiger partial charge in [0.15, 0.2) is 5.11 Å². The minimum atomic E-state index is -2.82. The number of quaternary nitrogens is 1. The molecule has 1 aliphatic rings. The first-order chi connectivity index (χ1) is 13.0. The Morgan fingerprint density at radius 3 is 2.52 bits per heavy atom. The van der Waals surface area contributed by atoms with Crippen molar-refractivity contribution in [3.8, 4) is 5.75 Å². The van der Waals surface area contributed by atoms with Crippen LogP contribution >= 0.6 is 12.2 Å². The highest BCUT2D eigenvalue weighted by molar-refractivity contribution is 7.80. The van der Waals surface area contributed by atoms with Gasteiger partial charge in [0.1, 0.15) is 12.3 Å². The van der Waals surface area contributed by atoms with Crippen molar-refractivity contribution in [2.24, 2.45) is 0 Å². The molecular weight excluding hydrogens is 368 g/mol. The third-order valence-electron chi connectivity index (χ3n) is 4.63. The molecule has 0 unspecified atom stereocenters. The van der Waals surface area contributed by atoms with Crippen LogP contribution in [0.25, 0.3) is 0 Å². The molecule has 1 fully saturated rings. The highest BCUT2D eigenvalue weighted by Gasteiger charge is 2.22. The number of hydrogen-bond donors (Lipinski definition) is 2. The zero-order valence-corrected chi connectivity index (χ0v) is 16.1. The Bertz CT molecular complexity index is 762. The second kappa shape index (κ2) is 9.10. The summed E-state index contributed by atoms with van der Waals surface area (Å²) in [5.41, 5.74) is 3.42. The zero-order valence-electron chi connectivity index (χ0n) is 15.3. The Hall–Kier alpha value is -2.25. The van der Waals surface area contributed by atoms with Crippen molar-refractivity contribution in [3.63, 3.8) is 0 Å². The van der Waals surface area contributed by atoms with Crippen molar-refractivity contribution in [2.45, 2.75) is 20.1 Å². The van der Waals surface area contributed by atoms with Gasteiger partial charge in [-0.05, 0) is 43.4 Å². The maximum absolute atomic E-state index is 12.2. The van der Waals surface area contributed by atoms with Crippen LogP contribution in [0.2, 0.25) is 0 Å². The van der Waals surface area contributed by atoms with Gasteiger partial charge in [-0.2, -0.15) is 8.78 Å². The molecule has 0 atom stereocenters. The predicted molar refractivity (Wildman–Crippen MR) is 106 cm³/mol. The van der Waals surface area contributed by atoms with Gasteiger partial charge in [0.25, 0.3) is 0 Å². The van der Waals surface area contributed by atoms with E-state index in [0.29, 0.717) is 5.11 Å². The molecule has 2 aromatic carbocycles. The standard InChI is InChI=1S/C20H23F2N3OS/c1-15-3-2-4-16(13-15)14-24-9-11-25(12-10-24)20(27)23-17-5-7-18(8-6-17)26-19(21)22/h2-8,13,19H,9-12,14H2,1H3,(H,23,27)/p+1. The van der Waals surface area contributed by atoms with E-state index in [1.54, 1.807) is 17.0 Å². The third kappa shape index (κ3) is 5.87. The van der Waals surface area contributed by atoms with Crippen LogP contribution < -0.4 is 15.0 Å². The van der Waals surface area contributed by atoms with Crippen molar-refractivity contribution < 1.29 is 18.4 Å². The summed E-state index contributed by atoms with van der Waals surface area (Å²) >= 11 is 5.50. The molecule has 0 aromatic heterocycles. The summed E-state index contributed by atoms with van der Waals surface area (Å²) in [6.45, 7) is 4.16. The Morgan fingerprint density at radius 1 is 1.19 bits per heavy atom. The molecule has 0 amide bonds. The maximum atomic E-state index is 12.2. The minimum absolute atomic E-state index is 0.134. The molecule has 4 nitrogen and oxygen atoms in total. The van der Waals surface area contributed by atoms with E-state index in [1.165, 1.54) is 23.3 Å². The van der Waals surface area contributed by atoms with Crippen molar-refractivity contribution in [1.82, 2.24) is 4.90 Å². The Labute approximate surface area is 163 Å². The first-order valence-corrected chi connectivity index (χ1v) is 9.40. The number of nitrogens with one attached hydrogen (secondary N) is 2. The lowest BCUT2D eigenvalue weighted by Gasteiger charge is -2.34. The van der Waals surface area contributed by atoms with E-state index in [4.69, 9.17) is 12.2 Å². The second-order valence-electron chi connectivity index (χ2n) is 6.74. The number of halogens is 2. The van der Waals surface area contributed by atoms with E-state index < -0.39 is 6.61 Å². The van der Waals surface area contributed by atoms with Gasteiger partial charge in [-0.25, -0.2) is 0 Å². The fraction of sp³-hybridized carbons (Fsp3) is 0.350. The normalized spacial score (nSPS) is 15.0. The van der Waals surface area contributed by atoms with Crippen LogP contribution in [0, 0.1) is 6.92 Å². The van der Waals surface area contributed by atoms with Gasteiger partial charge in [0.05, 0.1) is 26.2 Å². The smallest absolute Gasteiger partial charge is 0.387 e. The number of aryl methyl sites for hydroxylation is 1. The predicted octanol–water partition coefficient (Wildman–Crippen LogP) is 2.69. The van der Waals surface area contributed by atoms with Crippen molar-refractivity contribution in [3.05, 3.63) is 59.7 Å². The highest BCUT2D eigenvalue weighted by atomic mass is 32.1. The molecule has 144 valence electrons. The average Bonchev–Trinajstić information content (AvgIpc) is 2.63. The number of thiocarbonyl (C=S) groups is 1. The van der Waals surface area contributed by atoms with Crippen LogP contribution in [0.3, 0.4) is 0 Å². The number of nitrogens with zero attached hydrogens (tertiary/aromatic N) is 1. The lowest BCUT2D eigenvalue weighted by Crippen LogP contribution is -3.13. The second-order valence-corrected chi connectivity index (χ2v) is 7.12. The summed E-state index contributed by atoms with van der Waals surface area (Å²) in [4.78, 5) is 3.70. The quantitative estimate of drug-likeness (QED) is 0.766. The van der Waals surface area contributed by atoms with Crippen LogP contribution in [-0.2, 0) is 6.54 Å². The average molecular weight is 392 g/mol. The van der Waals surface area contributed by atoms with E-state index in [1.807, 2.05) is 0 Å². The van der Waals surface area contributed by atoms with Crippen LogP contribution in [0.1, 0.15) is 11.1 Å². The first-order valence-electron chi connectivity index (χ1n) is 8.99. The number of benzene rings is 2. The molecule has 0 spiro atoms. The molecule has 1 heterocycles. The van der Waals surface area contributed by atoms with Crippen LogP contribution in [0.5, 0.6) is 5.75 Å². The van der Waals surface area contributed by atoms with E-state index in [2.05, 4.69) is 46.1 Å². The molecular formula is C20H24F2N3OS+. The fourth-order valence-electron chi connectivity index (χ4n) is 3.24. The first kappa shape index (κ1) is 19.5. The largest absolute Gasteiger partial charge is 0.435 e. The van der Waals surface area contributed by atoms with Gasteiger partial charge in [-0.3, -0.25) is 0 Å². The molecule has 1 saturated heterocycles. The molecule has 3 rings (SSSR count). The molecule has 2 N–H and O–H groups in total. The van der Waals surface area contributed by atoms with Gasteiger partial charge >= 0.3 is 6.61 Å². The van der Waals surface area contributed by atoms with E-state index in [9.17, 15) is 8.78 Å². The molecule has 0 bridgehead atoms. The number of anilines is 1. The topological polar surface area (TPSA) is 28.9 Å². The maximum Gasteiger partial charge on any atom is 0.387 e. The molecule has 0 saturated carbocycles. The third-order valence-corrected chi connectivity index (χ3v) is 4.99. The highest BCUT2D eigenvalue weighted by Crippen LogP contribution is 2.18. The summed E-state index contributed by atoms with van der Waals surface area (Å²) in [7, 11) is 0.